The first-order valence-electron chi connectivity index (χ1n) is 2.25. The van der Waals surface area contributed by atoms with Crippen LogP contribution in [0.5, 0.6) is 0 Å². The van der Waals surface area contributed by atoms with E-state index in [0.717, 1.165) is 13.0 Å². The van der Waals surface area contributed by atoms with E-state index in [4.69, 9.17) is 16.9 Å². The number of rotatable bonds is 3. The largest absolute Gasteiger partial charge is 0.396 e. The highest BCUT2D eigenvalue weighted by Gasteiger charge is 1.87. The molecular formula is C4H11Cl2NO. The molecule has 0 aliphatic rings. The minimum absolute atomic E-state index is 0. The van der Waals surface area contributed by atoms with E-state index in [9.17, 15) is 0 Å². The Morgan fingerprint density at radius 3 is 2.25 bits per heavy atom. The Hall–Kier alpha value is 0.500. The molecule has 0 fully saturated rings. The van der Waals surface area contributed by atoms with Crippen LogP contribution in [0.15, 0.2) is 0 Å². The zero-order valence-corrected chi connectivity index (χ0v) is 6.37. The van der Waals surface area contributed by atoms with E-state index in [1.54, 1.807) is 7.05 Å². The maximum atomic E-state index is 8.23. The molecule has 0 unspecified atom stereocenters. The highest BCUT2D eigenvalue weighted by Crippen LogP contribution is 1.87. The molecule has 0 spiro atoms. The SMILES string of the molecule is CN(Cl)CCCO.Cl. The monoisotopic (exact) mass is 159 g/mol. The fraction of sp³-hybridized carbons (Fsp3) is 1.00. The minimum atomic E-state index is 0. The van der Waals surface area contributed by atoms with Gasteiger partial charge in [-0.05, 0) is 18.2 Å². The van der Waals surface area contributed by atoms with E-state index < -0.39 is 0 Å². The third-order valence-electron chi connectivity index (χ3n) is 0.624. The number of hydrogen-bond acceptors (Lipinski definition) is 2. The summed E-state index contributed by atoms with van der Waals surface area (Å²) < 4.78 is 1.52. The average molecular weight is 160 g/mol. The Labute approximate surface area is 61.0 Å². The van der Waals surface area contributed by atoms with Gasteiger partial charge in [-0.2, -0.15) is 0 Å². The topological polar surface area (TPSA) is 23.5 Å². The van der Waals surface area contributed by atoms with Gasteiger partial charge in [-0.25, -0.2) is 4.42 Å². The van der Waals surface area contributed by atoms with Gasteiger partial charge in [-0.3, -0.25) is 0 Å². The van der Waals surface area contributed by atoms with Gasteiger partial charge in [0.1, 0.15) is 0 Å². The predicted octanol–water partition coefficient (Wildman–Crippen LogP) is 0.876. The van der Waals surface area contributed by atoms with Crippen molar-refractivity contribution >= 4 is 24.2 Å². The molecular weight excluding hydrogens is 149 g/mol. The normalized spacial score (nSPS) is 9.00. The molecule has 0 aromatic rings. The van der Waals surface area contributed by atoms with Crippen LogP contribution in [0.4, 0.5) is 0 Å². The molecule has 8 heavy (non-hydrogen) atoms. The molecule has 4 heteroatoms. The lowest BCUT2D eigenvalue weighted by molar-refractivity contribution is 0.277. The Morgan fingerprint density at radius 1 is 1.62 bits per heavy atom. The lowest BCUT2D eigenvalue weighted by Crippen LogP contribution is -2.07. The van der Waals surface area contributed by atoms with Crippen LogP contribution in [-0.2, 0) is 0 Å². The molecule has 0 rings (SSSR count). The first kappa shape index (κ1) is 11.3. The maximum Gasteiger partial charge on any atom is 0.0443 e. The number of aliphatic hydroxyl groups excluding tert-OH is 1. The number of aliphatic hydroxyl groups is 1. The van der Waals surface area contributed by atoms with Crippen molar-refractivity contribution in [1.82, 2.24) is 4.42 Å². The molecule has 0 aliphatic carbocycles. The molecule has 52 valence electrons. The van der Waals surface area contributed by atoms with Gasteiger partial charge in [-0.1, -0.05) is 0 Å². The molecule has 0 heterocycles. The van der Waals surface area contributed by atoms with Crippen LogP contribution in [0, 0.1) is 0 Å². The van der Waals surface area contributed by atoms with Crippen LogP contribution in [0.2, 0.25) is 0 Å². The zero-order chi connectivity index (χ0) is 5.70. The molecule has 0 amide bonds. The highest BCUT2D eigenvalue weighted by atomic mass is 35.5. The smallest absolute Gasteiger partial charge is 0.0443 e. The van der Waals surface area contributed by atoms with Gasteiger partial charge in [-0.15, -0.1) is 12.4 Å². The second kappa shape index (κ2) is 7.50. The summed E-state index contributed by atoms with van der Waals surface area (Å²) in [6, 6.07) is 0. The summed E-state index contributed by atoms with van der Waals surface area (Å²) in [6.07, 6.45) is 0.750. The Balaban J connectivity index is 0. The van der Waals surface area contributed by atoms with Crippen LogP contribution < -0.4 is 0 Å². The van der Waals surface area contributed by atoms with Crippen molar-refractivity contribution in [2.75, 3.05) is 20.2 Å². The van der Waals surface area contributed by atoms with Crippen molar-refractivity contribution in [2.45, 2.75) is 6.42 Å². The van der Waals surface area contributed by atoms with Gasteiger partial charge in [0.15, 0.2) is 0 Å². The van der Waals surface area contributed by atoms with E-state index in [0.29, 0.717) is 0 Å². The number of nitrogens with zero attached hydrogens (tertiary/aromatic N) is 1. The van der Waals surface area contributed by atoms with Gasteiger partial charge in [0, 0.05) is 20.2 Å². The lowest BCUT2D eigenvalue weighted by Gasteiger charge is -2.01. The van der Waals surface area contributed by atoms with Crippen molar-refractivity contribution < 1.29 is 5.11 Å². The fourth-order valence-corrected chi connectivity index (χ4v) is 0.408. The second-order valence-electron chi connectivity index (χ2n) is 1.41. The molecule has 0 atom stereocenters. The summed E-state index contributed by atoms with van der Waals surface area (Å²) in [6.45, 7) is 0.967. The van der Waals surface area contributed by atoms with Gasteiger partial charge in [0.25, 0.3) is 0 Å². The summed E-state index contributed by atoms with van der Waals surface area (Å²) in [4.78, 5) is 0. The van der Waals surface area contributed by atoms with Crippen molar-refractivity contribution in [3.63, 3.8) is 0 Å². The van der Waals surface area contributed by atoms with E-state index in [1.165, 1.54) is 4.42 Å². The third-order valence-corrected chi connectivity index (χ3v) is 0.793. The predicted molar refractivity (Wildman–Crippen MR) is 37.4 cm³/mol. The molecule has 2 nitrogen and oxygen atoms in total. The molecule has 0 radical (unpaired) electrons. The second-order valence-corrected chi connectivity index (χ2v) is 1.98. The summed E-state index contributed by atoms with van der Waals surface area (Å²) in [7, 11) is 1.76. The van der Waals surface area contributed by atoms with Crippen molar-refractivity contribution in [3.05, 3.63) is 0 Å². The van der Waals surface area contributed by atoms with E-state index in [-0.39, 0.29) is 19.0 Å². The molecule has 0 aliphatic heterocycles. The minimum Gasteiger partial charge on any atom is -0.396 e. The fourth-order valence-electron chi connectivity index (χ4n) is 0.289. The summed E-state index contributed by atoms with van der Waals surface area (Å²) in [5, 5.41) is 8.23. The van der Waals surface area contributed by atoms with Crippen LogP contribution in [0.1, 0.15) is 6.42 Å². The average Bonchev–Trinajstić information content (AvgIpc) is 1.61. The first-order valence-corrected chi connectivity index (χ1v) is 2.59. The van der Waals surface area contributed by atoms with E-state index >= 15 is 0 Å². The summed E-state index contributed by atoms with van der Waals surface area (Å²) >= 11 is 5.38. The lowest BCUT2D eigenvalue weighted by atomic mass is 10.5. The van der Waals surface area contributed by atoms with Crippen molar-refractivity contribution in [1.29, 1.82) is 0 Å². The Kier molecular flexibility index (Phi) is 10.6. The standard InChI is InChI=1S/C4H10ClNO.ClH/c1-6(5)3-2-4-7;/h7H,2-4H2,1H3;1H. The molecule has 0 aromatic heterocycles. The maximum absolute atomic E-state index is 8.23. The zero-order valence-electron chi connectivity index (χ0n) is 4.80. The van der Waals surface area contributed by atoms with Gasteiger partial charge < -0.3 is 5.11 Å². The molecule has 1 N–H and O–H groups in total. The van der Waals surface area contributed by atoms with Crippen LogP contribution in [0.3, 0.4) is 0 Å². The quantitative estimate of drug-likeness (QED) is 0.619. The van der Waals surface area contributed by atoms with Gasteiger partial charge in [0.2, 0.25) is 0 Å². The van der Waals surface area contributed by atoms with Crippen molar-refractivity contribution in [3.8, 4) is 0 Å². The van der Waals surface area contributed by atoms with Crippen molar-refractivity contribution in [2.24, 2.45) is 0 Å². The Bertz CT molecular complexity index is 43.0. The van der Waals surface area contributed by atoms with Crippen LogP contribution >= 0.6 is 24.2 Å². The van der Waals surface area contributed by atoms with E-state index in [2.05, 4.69) is 0 Å². The molecule has 0 aromatic carbocycles. The summed E-state index contributed by atoms with van der Waals surface area (Å²) in [5.74, 6) is 0. The van der Waals surface area contributed by atoms with Crippen LogP contribution in [0.25, 0.3) is 0 Å². The third kappa shape index (κ3) is 9.71. The highest BCUT2D eigenvalue weighted by molar-refractivity contribution is 6.13. The van der Waals surface area contributed by atoms with Gasteiger partial charge >= 0.3 is 0 Å². The number of halogens is 2. The molecule has 0 saturated carbocycles. The summed E-state index contributed by atoms with van der Waals surface area (Å²) in [5.41, 5.74) is 0. The molecule has 0 saturated heterocycles. The van der Waals surface area contributed by atoms with E-state index in [1.807, 2.05) is 0 Å². The van der Waals surface area contributed by atoms with Gasteiger partial charge in [0.05, 0.1) is 0 Å². The number of hydrogen-bond donors (Lipinski definition) is 1. The molecule has 0 bridgehead atoms. The first-order chi connectivity index (χ1) is 3.27. The Morgan fingerprint density at radius 2 is 2.12 bits per heavy atom. The van der Waals surface area contributed by atoms with Crippen LogP contribution in [-0.4, -0.2) is 29.7 Å².